The molecule has 2 nitrogen and oxygen atoms in total. The molecular weight excluding hydrogens is 186 g/mol. The molecular formula is C13H13NO. The molecule has 1 heterocycles. The summed E-state index contributed by atoms with van der Waals surface area (Å²) in [5.41, 5.74) is 2.01. The zero-order valence-corrected chi connectivity index (χ0v) is 8.52. The van der Waals surface area contributed by atoms with Crippen LogP contribution < -0.4 is 0 Å². The highest BCUT2D eigenvalue weighted by molar-refractivity contribution is 5.87. The molecule has 0 N–H and O–H groups in total. The van der Waals surface area contributed by atoms with E-state index < -0.39 is 0 Å². The first-order valence-electron chi connectivity index (χ1n) is 5.44. The SMILES string of the molecule is O=Cc1ccc2c(ccn2C2CCC2)c1. The van der Waals surface area contributed by atoms with Crippen molar-refractivity contribution in [2.45, 2.75) is 25.3 Å². The number of rotatable bonds is 2. The molecule has 0 spiro atoms. The molecule has 0 amide bonds. The number of benzene rings is 1. The van der Waals surface area contributed by atoms with Gasteiger partial charge in [0.05, 0.1) is 0 Å². The second kappa shape index (κ2) is 3.23. The Labute approximate surface area is 88.5 Å². The van der Waals surface area contributed by atoms with Gasteiger partial charge in [-0.15, -0.1) is 0 Å². The van der Waals surface area contributed by atoms with Gasteiger partial charge >= 0.3 is 0 Å². The van der Waals surface area contributed by atoms with Crippen LogP contribution in [0.5, 0.6) is 0 Å². The average molecular weight is 199 g/mol. The Balaban J connectivity index is 2.13. The lowest BCUT2D eigenvalue weighted by Gasteiger charge is -2.28. The molecule has 1 saturated carbocycles. The molecule has 3 rings (SSSR count). The van der Waals surface area contributed by atoms with Crippen molar-refractivity contribution in [3.8, 4) is 0 Å². The van der Waals surface area contributed by atoms with Crippen LogP contribution >= 0.6 is 0 Å². The predicted octanol–water partition coefficient (Wildman–Crippen LogP) is 3.18. The maximum absolute atomic E-state index is 10.7. The summed E-state index contributed by atoms with van der Waals surface area (Å²) in [6, 6.07) is 8.68. The minimum Gasteiger partial charge on any atom is -0.344 e. The van der Waals surface area contributed by atoms with Crippen LogP contribution in [0.3, 0.4) is 0 Å². The molecule has 1 aromatic carbocycles. The zero-order valence-electron chi connectivity index (χ0n) is 8.52. The molecule has 2 aromatic rings. The van der Waals surface area contributed by atoms with Gasteiger partial charge in [-0.25, -0.2) is 0 Å². The van der Waals surface area contributed by atoms with Crippen LogP contribution in [-0.4, -0.2) is 10.9 Å². The van der Waals surface area contributed by atoms with Crippen molar-refractivity contribution in [3.05, 3.63) is 36.0 Å². The molecule has 0 aliphatic heterocycles. The van der Waals surface area contributed by atoms with Gasteiger partial charge in [-0.05, 0) is 43.5 Å². The second-order valence-corrected chi connectivity index (χ2v) is 4.24. The van der Waals surface area contributed by atoms with Crippen LogP contribution in [0.1, 0.15) is 35.7 Å². The highest BCUT2D eigenvalue weighted by Gasteiger charge is 2.20. The number of fused-ring (bicyclic) bond motifs is 1. The van der Waals surface area contributed by atoms with Crippen molar-refractivity contribution >= 4 is 17.2 Å². The van der Waals surface area contributed by atoms with Gasteiger partial charge in [-0.2, -0.15) is 0 Å². The largest absolute Gasteiger partial charge is 0.344 e. The summed E-state index contributed by atoms with van der Waals surface area (Å²) in [4.78, 5) is 10.7. The average Bonchev–Trinajstić information content (AvgIpc) is 2.59. The van der Waals surface area contributed by atoms with Crippen molar-refractivity contribution in [1.29, 1.82) is 0 Å². The molecule has 0 bridgehead atoms. The lowest BCUT2D eigenvalue weighted by atomic mass is 9.93. The first kappa shape index (κ1) is 8.72. The van der Waals surface area contributed by atoms with E-state index in [4.69, 9.17) is 0 Å². The minimum atomic E-state index is 0.685. The fourth-order valence-corrected chi connectivity index (χ4v) is 2.24. The van der Waals surface area contributed by atoms with E-state index in [2.05, 4.69) is 22.9 Å². The van der Waals surface area contributed by atoms with E-state index in [9.17, 15) is 4.79 Å². The van der Waals surface area contributed by atoms with Crippen molar-refractivity contribution in [3.63, 3.8) is 0 Å². The quantitative estimate of drug-likeness (QED) is 0.681. The van der Waals surface area contributed by atoms with Crippen LogP contribution in [0.15, 0.2) is 30.5 Å². The Morgan fingerprint density at radius 1 is 1.27 bits per heavy atom. The maximum atomic E-state index is 10.7. The van der Waals surface area contributed by atoms with Crippen LogP contribution in [0.25, 0.3) is 10.9 Å². The third kappa shape index (κ3) is 1.29. The van der Waals surface area contributed by atoms with Gasteiger partial charge in [-0.3, -0.25) is 4.79 Å². The normalized spacial score (nSPS) is 16.5. The van der Waals surface area contributed by atoms with Crippen molar-refractivity contribution in [1.82, 2.24) is 4.57 Å². The fourth-order valence-electron chi connectivity index (χ4n) is 2.24. The van der Waals surface area contributed by atoms with E-state index >= 15 is 0 Å². The summed E-state index contributed by atoms with van der Waals surface area (Å²) >= 11 is 0. The Morgan fingerprint density at radius 2 is 2.13 bits per heavy atom. The first-order valence-corrected chi connectivity index (χ1v) is 5.44. The van der Waals surface area contributed by atoms with Crippen LogP contribution in [0.4, 0.5) is 0 Å². The smallest absolute Gasteiger partial charge is 0.150 e. The number of nitrogens with zero attached hydrogens (tertiary/aromatic N) is 1. The van der Waals surface area contributed by atoms with Crippen molar-refractivity contribution in [2.24, 2.45) is 0 Å². The van der Waals surface area contributed by atoms with E-state index in [0.29, 0.717) is 6.04 Å². The zero-order chi connectivity index (χ0) is 10.3. The molecule has 0 unspecified atom stereocenters. The molecule has 76 valence electrons. The van der Waals surface area contributed by atoms with Gasteiger partial charge in [0.2, 0.25) is 0 Å². The van der Waals surface area contributed by atoms with Gasteiger partial charge in [0.1, 0.15) is 6.29 Å². The predicted molar refractivity (Wildman–Crippen MR) is 60.2 cm³/mol. The summed E-state index contributed by atoms with van der Waals surface area (Å²) in [6.45, 7) is 0. The Morgan fingerprint density at radius 3 is 2.80 bits per heavy atom. The summed E-state index contributed by atoms with van der Waals surface area (Å²) in [6.07, 6.45) is 6.97. The molecule has 0 atom stereocenters. The Hall–Kier alpha value is -1.57. The van der Waals surface area contributed by atoms with E-state index in [-0.39, 0.29) is 0 Å². The highest BCUT2D eigenvalue weighted by atomic mass is 16.1. The second-order valence-electron chi connectivity index (χ2n) is 4.24. The molecule has 1 aliphatic carbocycles. The molecule has 15 heavy (non-hydrogen) atoms. The minimum absolute atomic E-state index is 0.685. The number of carbonyl (C=O) groups is 1. The molecule has 2 heteroatoms. The number of hydrogen-bond acceptors (Lipinski definition) is 1. The third-order valence-corrected chi connectivity index (χ3v) is 3.35. The summed E-state index contributed by atoms with van der Waals surface area (Å²) in [5.74, 6) is 0. The summed E-state index contributed by atoms with van der Waals surface area (Å²) in [5, 5.41) is 1.17. The number of hydrogen-bond donors (Lipinski definition) is 0. The van der Waals surface area contributed by atoms with Crippen LogP contribution in [-0.2, 0) is 0 Å². The van der Waals surface area contributed by atoms with E-state index in [0.717, 1.165) is 11.8 Å². The summed E-state index contributed by atoms with van der Waals surface area (Å²) in [7, 11) is 0. The summed E-state index contributed by atoms with van der Waals surface area (Å²) < 4.78 is 2.34. The molecule has 0 saturated heterocycles. The standard InChI is InChI=1S/C13H13NO/c15-9-10-4-5-13-11(8-10)6-7-14(13)12-2-1-3-12/h4-9,12H,1-3H2. The van der Waals surface area contributed by atoms with Gasteiger partial charge in [-0.1, -0.05) is 0 Å². The lowest BCUT2D eigenvalue weighted by molar-refractivity contribution is 0.112. The molecule has 1 fully saturated rings. The van der Waals surface area contributed by atoms with E-state index in [1.807, 2.05) is 12.1 Å². The first-order chi connectivity index (χ1) is 7.38. The lowest BCUT2D eigenvalue weighted by Crippen LogP contribution is -2.15. The van der Waals surface area contributed by atoms with Gasteiger partial charge in [0.25, 0.3) is 0 Å². The van der Waals surface area contributed by atoms with Crippen LogP contribution in [0.2, 0.25) is 0 Å². The van der Waals surface area contributed by atoms with Gasteiger partial charge in [0, 0.05) is 28.7 Å². The van der Waals surface area contributed by atoms with E-state index in [1.165, 1.54) is 30.2 Å². The van der Waals surface area contributed by atoms with Crippen LogP contribution in [0, 0.1) is 0 Å². The molecule has 1 aliphatic rings. The number of aromatic nitrogens is 1. The molecule has 1 aromatic heterocycles. The maximum Gasteiger partial charge on any atom is 0.150 e. The van der Waals surface area contributed by atoms with Crippen molar-refractivity contribution in [2.75, 3.05) is 0 Å². The topological polar surface area (TPSA) is 22.0 Å². The van der Waals surface area contributed by atoms with Gasteiger partial charge < -0.3 is 4.57 Å². The fraction of sp³-hybridized carbons (Fsp3) is 0.308. The highest BCUT2D eigenvalue weighted by Crippen LogP contribution is 2.34. The van der Waals surface area contributed by atoms with E-state index in [1.54, 1.807) is 0 Å². The number of aldehydes is 1. The number of carbonyl (C=O) groups excluding carboxylic acids is 1. The monoisotopic (exact) mass is 199 g/mol. The van der Waals surface area contributed by atoms with Gasteiger partial charge in [0.15, 0.2) is 0 Å². The molecule has 0 radical (unpaired) electrons. The van der Waals surface area contributed by atoms with Crippen molar-refractivity contribution < 1.29 is 4.79 Å². The Kier molecular flexibility index (Phi) is 1.88. The Bertz CT molecular complexity index is 508. The third-order valence-electron chi connectivity index (χ3n) is 3.35.